The Morgan fingerprint density at radius 2 is 1.95 bits per heavy atom. The highest BCUT2D eigenvalue weighted by atomic mass is 16.4. The van der Waals surface area contributed by atoms with Crippen molar-refractivity contribution in [3.8, 4) is 0 Å². The Hall–Kier alpha value is -2.18. The summed E-state index contributed by atoms with van der Waals surface area (Å²) in [5, 5.41) is 14.2. The Balaban J connectivity index is 2.94. The average Bonchev–Trinajstić information content (AvgIpc) is 2.33. The second kappa shape index (κ2) is 6.12. The first-order valence-electron chi connectivity index (χ1n) is 5.92. The molecule has 0 bridgehead atoms. The number of hydrogen-bond acceptors (Lipinski definition) is 5. The van der Waals surface area contributed by atoms with Crippen LogP contribution in [-0.2, 0) is 4.79 Å². The van der Waals surface area contributed by atoms with Crippen LogP contribution in [0.3, 0.4) is 0 Å². The van der Waals surface area contributed by atoms with Crippen LogP contribution in [0.4, 0.5) is 5.95 Å². The van der Waals surface area contributed by atoms with Crippen LogP contribution in [0.15, 0.2) is 6.07 Å². The van der Waals surface area contributed by atoms with E-state index in [1.54, 1.807) is 27.8 Å². The van der Waals surface area contributed by atoms with Crippen LogP contribution in [0.2, 0.25) is 0 Å². The van der Waals surface area contributed by atoms with E-state index in [1.165, 1.54) is 6.07 Å². The highest BCUT2D eigenvalue weighted by Crippen LogP contribution is 2.07. The monoisotopic (exact) mass is 266 g/mol. The number of nitrogens with zero attached hydrogens (tertiary/aromatic N) is 2. The molecule has 0 fully saturated rings. The maximum absolute atomic E-state index is 12.0. The number of amides is 1. The van der Waals surface area contributed by atoms with Crippen molar-refractivity contribution in [2.75, 3.05) is 12.4 Å². The second-order valence-corrected chi connectivity index (χ2v) is 4.50. The first-order valence-corrected chi connectivity index (χ1v) is 5.92. The highest BCUT2D eigenvalue weighted by molar-refractivity contribution is 5.95. The van der Waals surface area contributed by atoms with Gasteiger partial charge in [0.05, 0.1) is 0 Å². The fraction of sp³-hybridized carbons (Fsp3) is 0.500. The molecule has 0 spiro atoms. The van der Waals surface area contributed by atoms with Gasteiger partial charge in [-0.25, -0.2) is 14.8 Å². The molecule has 7 nitrogen and oxygen atoms in total. The van der Waals surface area contributed by atoms with E-state index < -0.39 is 17.9 Å². The molecule has 1 heterocycles. The highest BCUT2D eigenvalue weighted by Gasteiger charge is 2.24. The van der Waals surface area contributed by atoms with Gasteiger partial charge in [-0.3, -0.25) is 4.79 Å². The molecule has 1 atom stereocenters. The zero-order valence-corrected chi connectivity index (χ0v) is 11.4. The SMILES string of the molecule is CNc1nc(C)cc(C(=O)N[C@H](C(=O)O)C(C)C)n1. The topological polar surface area (TPSA) is 104 Å². The molecular formula is C12H18N4O3. The molecule has 104 valence electrons. The van der Waals surface area contributed by atoms with Crippen LogP contribution >= 0.6 is 0 Å². The van der Waals surface area contributed by atoms with E-state index in [9.17, 15) is 9.59 Å². The van der Waals surface area contributed by atoms with Crippen molar-refractivity contribution >= 4 is 17.8 Å². The van der Waals surface area contributed by atoms with Gasteiger partial charge in [0, 0.05) is 12.7 Å². The number of aromatic nitrogens is 2. The van der Waals surface area contributed by atoms with E-state index in [0.29, 0.717) is 11.6 Å². The van der Waals surface area contributed by atoms with Gasteiger partial charge in [-0.05, 0) is 18.9 Å². The molecular weight excluding hydrogens is 248 g/mol. The zero-order chi connectivity index (χ0) is 14.6. The number of carboxylic acids is 1. The number of carbonyl (C=O) groups excluding carboxylic acids is 1. The molecule has 0 radical (unpaired) electrons. The molecule has 0 aliphatic carbocycles. The van der Waals surface area contributed by atoms with Crippen LogP contribution < -0.4 is 10.6 Å². The Labute approximate surface area is 111 Å². The average molecular weight is 266 g/mol. The van der Waals surface area contributed by atoms with Gasteiger partial charge in [0.15, 0.2) is 0 Å². The van der Waals surface area contributed by atoms with Crippen molar-refractivity contribution in [3.63, 3.8) is 0 Å². The van der Waals surface area contributed by atoms with Crippen molar-refractivity contribution in [1.29, 1.82) is 0 Å². The molecule has 3 N–H and O–H groups in total. The molecule has 7 heteroatoms. The molecule has 0 aromatic carbocycles. The number of nitrogens with one attached hydrogen (secondary N) is 2. The van der Waals surface area contributed by atoms with Crippen LogP contribution in [0.5, 0.6) is 0 Å². The Morgan fingerprint density at radius 1 is 1.32 bits per heavy atom. The summed E-state index contributed by atoms with van der Waals surface area (Å²) in [7, 11) is 1.64. The Bertz CT molecular complexity index is 488. The lowest BCUT2D eigenvalue weighted by Crippen LogP contribution is -2.44. The number of aliphatic carboxylic acids is 1. The van der Waals surface area contributed by atoms with Crippen molar-refractivity contribution < 1.29 is 14.7 Å². The molecule has 0 saturated heterocycles. The summed E-state index contributed by atoms with van der Waals surface area (Å²) in [5.74, 6) is -1.49. The minimum atomic E-state index is -1.07. The third-order valence-electron chi connectivity index (χ3n) is 2.53. The first-order chi connectivity index (χ1) is 8.85. The van der Waals surface area contributed by atoms with Crippen molar-refractivity contribution in [3.05, 3.63) is 17.5 Å². The molecule has 1 rings (SSSR count). The number of rotatable bonds is 5. The van der Waals surface area contributed by atoms with Gasteiger partial charge in [0.2, 0.25) is 5.95 Å². The molecule has 0 aliphatic rings. The fourth-order valence-electron chi connectivity index (χ4n) is 1.53. The van der Waals surface area contributed by atoms with E-state index in [0.717, 1.165) is 0 Å². The van der Waals surface area contributed by atoms with Gasteiger partial charge < -0.3 is 15.7 Å². The summed E-state index contributed by atoms with van der Waals surface area (Å²) in [5.41, 5.74) is 0.768. The molecule has 1 aromatic heterocycles. The molecule has 19 heavy (non-hydrogen) atoms. The zero-order valence-electron chi connectivity index (χ0n) is 11.4. The number of hydrogen-bond donors (Lipinski definition) is 3. The molecule has 0 unspecified atom stereocenters. The standard InChI is InChI=1S/C12H18N4O3/c1-6(2)9(11(18)19)16-10(17)8-5-7(3)14-12(13-4)15-8/h5-6,9H,1-4H3,(H,16,17)(H,18,19)(H,13,14,15)/t9-/m0/s1. The van der Waals surface area contributed by atoms with Crippen molar-refractivity contribution in [2.24, 2.45) is 5.92 Å². The quantitative estimate of drug-likeness (QED) is 0.723. The third-order valence-corrected chi connectivity index (χ3v) is 2.53. The van der Waals surface area contributed by atoms with Gasteiger partial charge in [-0.1, -0.05) is 13.8 Å². The lowest BCUT2D eigenvalue weighted by atomic mass is 10.0. The van der Waals surface area contributed by atoms with Crippen LogP contribution in [0, 0.1) is 12.8 Å². The maximum Gasteiger partial charge on any atom is 0.326 e. The number of carboxylic acid groups (broad SMARTS) is 1. The smallest absolute Gasteiger partial charge is 0.326 e. The minimum absolute atomic E-state index is 0.142. The molecule has 1 aromatic rings. The van der Waals surface area contributed by atoms with Crippen LogP contribution in [0.1, 0.15) is 30.0 Å². The van der Waals surface area contributed by atoms with Gasteiger partial charge >= 0.3 is 5.97 Å². The molecule has 0 saturated carbocycles. The largest absolute Gasteiger partial charge is 0.480 e. The summed E-state index contributed by atoms with van der Waals surface area (Å²) >= 11 is 0. The van der Waals surface area contributed by atoms with E-state index >= 15 is 0 Å². The van der Waals surface area contributed by atoms with Crippen molar-refractivity contribution in [1.82, 2.24) is 15.3 Å². The summed E-state index contributed by atoms with van der Waals surface area (Å²) in [4.78, 5) is 31.1. The van der Waals surface area contributed by atoms with Gasteiger partial charge in [0.25, 0.3) is 5.91 Å². The van der Waals surface area contributed by atoms with Gasteiger partial charge in [0.1, 0.15) is 11.7 Å². The predicted octanol–water partition coefficient (Wildman–Crippen LogP) is 0.666. The first kappa shape index (κ1) is 14.9. The van der Waals surface area contributed by atoms with Crippen LogP contribution in [0.25, 0.3) is 0 Å². The predicted molar refractivity (Wildman–Crippen MR) is 70.0 cm³/mol. The summed E-state index contributed by atoms with van der Waals surface area (Å²) in [6.45, 7) is 5.18. The van der Waals surface area contributed by atoms with Gasteiger partial charge in [-0.2, -0.15) is 0 Å². The van der Waals surface area contributed by atoms with E-state index in [4.69, 9.17) is 5.11 Å². The number of aryl methyl sites for hydroxylation is 1. The van der Waals surface area contributed by atoms with E-state index in [-0.39, 0.29) is 11.6 Å². The fourth-order valence-corrected chi connectivity index (χ4v) is 1.53. The van der Waals surface area contributed by atoms with Crippen molar-refractivity contribution in [2.45, 2.75) is 26.8 Å². The maximum atomic E-state index is 12.0. The molecule has 0 aliphatic heterocycles. The lowest BCUT2D eigenvalue weighted by Gasteiger charge is -2.17. The normalized spacial score (nSPS) is 12.1. The second-order valence-electron chi connectivity index (χ2n) is 4.50. The third kappa shape index (κ3) is 3.90. The number of carbonyl (C=O) groups is 2. The Kier molecular flexibility index (Phi) is 4.80. The number of anilines is 1. The van der Waals surface area contributed by atoms with E-state index in [2.05, 4.69) is 20.6 Å². The van der Waals surface area contributed by atoms with Crippen LogP contribution in [-0.4, -0.2) is 40.0 Å². The minimum Gasteiger partial charge on any atom is -0.480 e. The summed E-state index contributed by atoms with van der Waals surface area (Å²) in [6.07, 6.45) is 0. The molecule has 1 amide bonds. The van der Waals surface area contributed by atoms with E-state index in [1.807, 2.05) is 0 Å². The Morgan fingerprint density at radius 3 is 2.42 bits per heavy atom. The summed E-state index contributed by atoms with van der Waals surface area (Å²) < 4.78 is 0. The summed E-state index contributed by atoms with van der Waals surface area (Å²) in [6, 6.07) is 0.566. The van der Waals surface area contributed by atoms with Gasteiger partial charge in [-0.15, -0.1) is 0 Å². The lowest BCUT2D eigenvalue weighted by molar-refractivity contribution is -0.140.